The molecule has 0 saturated carbocycles. The SMILES string of the molecule is CCOC(Cc1ccc(OCCN(CCCCCC(C)(F)F)C(=O)Oc2c(C)cc(C)cc2C)cc1)C(=O)O. The van der Waals surface area contributed by atoms with Crippen LogP contribution in [0.5, 0.6) is 11.5 Å². The van der Waals surface area contributed by atoms with Crippen molar-refractivity contribution in [3.63, 3.8) is 0 Å². The maximum atomic E-state index is 13.1. The van der Waals surface area contributed by atoms with Crippen LogP contribution in [0, 0.1) is 20.8 Å². The Morgan fingerprint density at radius 1 is 1.00 bits per heavy atom. The van der Waals surface area contributed by atoms with Gasteiger partial charge in [0.05, 0.1) is 6.54 Å². The third-order valence-corrected chi connectivity index (χ3v) is 6.21. The highest BCUT2D eigenvalue weighted by Crippen LogP contribution is 2.26. The largest absolute Gasteiger partial charge is 0.492 e. The lowest BCUT2D eigenvalue weighted by Gasteiger charge is -2.23. The summed E-state index contributed by atoms with van der Waals surface area (Å²) in [6.45, 7) is 9.53. The molecule has 0 aliphatic heterocycles. The summed E-state index contributed by atoms with van der Waals surface area (Å²) in [6.07, 6.45) is 0.137. The minimum atomic E-state index is -2.69. The Hall–Kier alpha value is -3.20. The average molecular weight is 550 g/mol. The predicted octanol–water partition coefficient (Wildman–Crippen LogP) is 6.74. The van der Waals surface area contributed by atoms with E-state index in [1.165, 1.54) is 4.90 Å². The van der Waals surface area contributed by atoms with Gasteiger partial charge >= 0.3 is 12.1 Å². The van der Waals surface area contributed by atoms with Crippen molar-refractivity contribution in [3.8, 4) is 11.5 Å². The number of carbonyl (C=O) groups excluding carboxylic acids is 1. The number of hydrogen-bond donors (Lipinski definition) is 1. The molecule has 2 aromatic rings. The summed E-state index contributed by atoms with van der Waals surface area (Å²) in [5.41, 5.74) is 3.59. The maximum absolute atomic E-state index is 13.1. The van der Waals surface area contributed by atoms with Crippen LogP contribution in [0.3, 0.4) is 0 Å². The third kappa shape index (κ3) is 11.6. The number of rotatable bonds is 16. The summed E-state index contributed by atoms with van der Waals surface area (Å²) in [6, 6.07) is 10.9. The number of halogens is 2. The van der Waals surface area contributed by atoms with E-state index in [4.69, 9.17) is 14.2 Å². The molecule has 1 amide bonds. The molecule has 9 heteroatoms. The number of amides is 1. The fraction of sp³-hybridized carbons (Fsp3) is 0.533. The van der Waals surface area contributed by atoms with E-state index in [-0.39, 0.29) is 26.0 Å². The standard InChI is InChI=1S/C30H41F2NO6/c1-6-37-26(28(34)35)20-24-10-12-25(13-11-24)38-17-16-33(15-9-7-8-14-30(5,31)32)29(36)39-27-22(3)18-21(2)19-23(27)4/h10-13,18-19,26H,6-9,14-17,20H2,1-5H3,(H,34,35). The zero-order valence-corrected chi connectivity index (χ0v) is 23.6. The molecule has 0 aliphatic carbocycles. The number of unbranched alkanes of at least 4 members (excludes halogenated alkanes) is 2. The van der Waals surface area contributed by atoms with Gasteiger partial charge in [-0.2, -0.15) is 0 Å². The summed E-state index contributed by atoms with van der Waals surface area (Å²) in [5.74, 6) is -2.61. The van der Waals surface area contributed by atoms with Crippen LogP contribution >= 0.6 is 0 Å². The van der Waals surface area contributed by atoms with Crippen molar-refractivity contribution in [2.75, 3.05) is 26.3 Å². The number of aliphatic carboxylic acids is 1. The molecule has 0 aromatic heterocycles. The second-order valence-corrected chi connectivity index (χ2v) is 9.94. The Kier molecular flexibility index (Phi) is 12.6. The summed E-state index contributed by atoms with van der Waals surface area (Å²) in [5, 5.41) is 9.27. The molecule has 0 saturated heterocycles. The van der Waals surface area contributed by atoms with Crippen LogP contribution in [-0.2, 0) is 16.0 Å². The highest BCUT2D eigenvalue weighted by Gasteiger charge is 2.21. The summed E-state index contributed by atoms with van der Waals surface area (Å²) in [7, 11) is 0. The fourth-order valence-corrected chi connectivity index (χ4v) is 4.32. The van der Waals surface area contributed by atoms with E-state index in [1.807, 2.05) is 32.9 Å². The number of alkyl halides is 2. The summed E-state index contributed by atoms with van der Waals surface area (Å²) in [4.78, 5) is 25.9. The zero-order chi connectivity index (χ0) is 29.0. The first-order chi connectivity index (χ1) is 18.4. The van der Waals surface area contributed by atoms with Crippen LogP contribution in [0.4, 0.5) is 13.6 Å². The first kappa shape index (κ1) is 32.0. The van der Waals surface area contributed by atoms with E-state index < -0.39 is 24.1 Å². The molecule has 1 N–H and O–H groups in total. The number of nitrogens with zero attached hydrogens (tertiary/aromatic N) is 1. The van der Waals surface area contributed by atoms with Crippen LogP contribution in [-0.4, -0.2) is 60.4 Å². The van der Waals surface area contributed by atoms with Crippen LogP contribution in [0.1, 0.15) is 61.8 Å². The van der Waals surface area contributed by atoms with Gasteiger partial charge < -0.3 is 24.2 Å². The molecule has 0 fully saturated rings. The summed E-state index contributed by atoms with van der Waals surface area (Å²) >= 11 is 0. The monoisotopic (exact) mass is 549 g/mol. The van der Waals surface area contributed by atoms with E-state index in [1.54, 1.807) is 31.2 Å². The van der Waals surface area contributed by atoms with E-state index in [2.05, 4.69) is 0 Å². The number of carboxylic acids is 1. The topological polar surface area (TPSA) is 85.3 Å². The lowest BCUT2D eigenvalue weighted by Crippen LogP contribution is -2.37. The van der Waals surface area contributed by atoms with Crippen molar-refractivity contribution in [2.24, 2.45) is 0 Å². The van der Waals surface area contributed by atoms with Gasteiger partial charge in [0.2, 0.25) is 5.92 Å². The molecule has 0 bridgehead atoms. The molecule has 2 rings (SSSR count). The zero-order valence-electron chi connectivity index (χ0n) is 23.6. The van der Waals surface area contributed by atoms with Crippen molar-refractivity contribution in [1.29, 1.82) is 0 Å². The molecule has 7 nitrogen and oxygen atoms in total. The van der Waals surface area contributed by atoms with Crippen LogP contribution < -0.4 is 9.47 Å². The molecular weight excluding hydrogens is 508 g/mol. The quantitative estimate of drug-likeness (QED) is 0.234. The maximum Gasteiger partial charge on any atom is 0.415 e. The lowest BCUT2D eigenvalue weighted by atomic mass is 10.1. The Balaban J connectivity index is 1.98. The number of carboxylic acid groups (broad SMARTS) is 1. The van der Waals surface area contributed by atoms with E-state index >= 15 is 0 Å². The Labute approximate surface area is 230 Å². The average Bonchev–Trinajstić information content (AvgIpc) is 2.84. The number of benzene rings is 2. The normalized spacial score (nSPS) is 12.2. The Bertz CT molecular complexity index is 1050. The van der Waals surface area contributed by atoms with Gasteiger partial charge in [0.15, 0.2) is 6.10 Å². The molecule has 39 heavy (non-hydrogen) atoms. The molecule has 1 unspecified atom stereocenters. The predicted molar refractivity (Wildman–Crippen MR) is 146 cm³/mol. The van der Waals surface area contributed by atoms with Crippen molar-refractivity contribution in [3.05, 3.63) is 58.7 Å². The van der Waals surface area contributed by atoms with E-state index in [9.17, 15) is 23.5 Å². The smallest absolute Gasteiger partial charge is 0.415 e. The van der Waals surface area contributed by atoms with Crippen LogP contribution in [0.25, 0.3) is 0 Å². The number of ether oxygens (including phenoxy) is 3. The summed E-state index contributed by atoms with van der Waals surface area (Å²) < 4.78 is 43.1. The number of aryl methyl sites for hydroxylation is 3. The minimum absolute atomic E-state index is 0.184. The molecule has 216 valence electrons. The fourth-order valence-electron chi connectivity index (χ4n) is 4.32. The third-order valence-electron chi connectivity index (χ3n) is 6.21. The number of carbonyl (C=O) groups is 2. The molecule has 0 aliphatic rings. The van der Waals surface area contributed by atoms with Crippen LogP contribution in [0.2, 0.25) is 0 Å². The molecule has 0 heterocycles. The van der Waals surface area contributed by atoms with Gasteiger partial charge in [-0.15, -0.1) is 0 Å². The van der Waals surface area contributed by atoms with Gasteiger partial charge in [-0.1, -0.05) is 36.2 Å². The number of hydrogen-bond acceptors (Lipinski definition) is 5. The molecular formula is C30H41F2NO6. The molecule has 1 atom stereocenters. The second kappa shape index (κ2) is 15.4. The highest BCUT2D eigenvalue weighted by atomic mass is 19.3. The van der Waals surface area contributed by atoms with Crippen molar-refractivity contribution in [2.45, 2.75) is 78.7 Å². The van der Waals surface area contributed by atoms with Gasteiger partial charge in [0.1, 0.15) is 18.1 Å². The van der Waals surface area contributed by atoms with Gasteiger partial charge in [-0.25, -0.2) is 18.4 Å². The Morgan fingerprint density at radius 3 is 2.21 bits per heavy atom. The highest BCUT2D eigenvalue weighted by molar-refractivity contribution is 5.73. The van der Waals surface area contributed by atoms with Gasteiger partial charge in [-0.05, 0) is 76.3 Å². The molecule has 0 radical (unpaired) electrons. The van der Waals surface area contributed by atoms with Gasteiger partial charge in [0.25, 0.3) is 0 Å². The second-order valence-electron chi connectivity index (χ2n) is 9.94. The van der Waals surface area contributed by atoms with Crippen molar-refractivity contribution < 1.29 is 37.7 Å². The van der Waals surface area contributed by atoms with E-state index in [0.717, 1.165) is 29.2 Å². The minimum Gasteiger partial charge on any atom is -0.492 e. The molecule has 2 aromatic carbocycles. The van der Waals surface area contributed by atoms with Crippen LogP contribution in [0.15, 0.2) is 36.4 Å². The molecule has 0 spiro atoms. The van der Waals surface area contributed by atoms with Crippen molar-refractivity contribution in [1.82, 2.24) is 4.90 Å². The van der Waals surface area contributed by atoms with Crippen molar-refractivity contribution >= 4 is 12.1 Å². The van der Waals surface area contributed by atoms with E-state index in [0.29, 0.717) is 43.9 Å². The lowest BCUT2D eigenvalue weighted by molar-refractivity contribution is -0.149. The van der Waals surface area contributed by atoms with Gasteiger partial charge in [-0.3, -0.25) is 0 Å². The Morgan fingerprint density at radius 2 is 1.64 bits per heavy atom. The first-order valence-corrected chi connectivity index (χ1v) is 13.4. The first-order valence-electron chi connectivity index (χ1n) is 13.4. The van der Waals surface area contributed by atoms with Gasteiger partial charge in [0, 0.05) is 26.0 Å².